The molecule has 3 fully saturated rings. The lowest BCUT2D eigenvalue weighted by Gasteiger charge is -2.58. The molecule has 0 unspecified atom stereocenters. The molecule has 0 radical (unpaired) electrons. The molecule has 0 aromatic heterocycles. The van der Waals surface area contributed by atoms with Crippen molar-refractivity contribution in [3.63, 3.8) is 0 Å². The number of nitrogens with one attached hydrogen (secondary N) is 8. The second kappa shape index (κ2) is 44.3. The van der Waals surface area contributed by atoms with E-state index in [1.165, 1.54) is 18.2 Å². The van der Waals surface area contributed by atoms with E-state index in [1.54, 1.807) is 67.6 Å². The van der Waals surface area contributed by atoms with Crippen molar-refractivity contribution < 1.29 is 135 Å². The van der Waals surface area contributed by atoms with Crippen LogP contribution >= 0.6 is 21.6 Å². The molecule has 2 spiro atoms. The zero-order valence-electron chi connectivity index (χ0n) is 63.6. The van der Waals surface area contributed by atoms with Gasteiger partial charge in [0, 0.05) is 86.6 Å². The maximum absolute atomic E-state index is 14.3. The van der Waals surface area contributed by atoms with Crippen LogP contribution in [0, 0.1) is 16.7 Å². The van der Waals surface area contributed by atoms with Crippen LogP contribution in [0.15, 0.2) is 96.6 Å². The maximum Gasteiger partial charge on any atom is 0.509 e. The fraction of sp³-hybridized carbons (Fsp3) is 0.553. The molecule has 2 bridgehead atoms. The second-order valence-electron chi connectivity index (χ2n) is 28.6. The molecular formula is C76H99N9O28S2. The van der Waals surface area contributed by atoms with Crippen LogP contribution in [0.25, 0.3) is 0 Å². The number of carboxylic acids is 5. The highest BCUT2D eigenvalue weighted by Crippen LogP contribution is 2.72. The zero-order valence-corrected chi connectivity index (χ0v) is 65.2. The number of aliphatic carboxylic acids is 5. The SMILES string of the molecule is CC1=CC[C@]23COC(=O)[C@@H](OC(=O)OCCSSC[C@H](NC(=O)[C@H](CC(=O)O)NC(=O)[C@@H](N)CNC(=O)[C@H](Cc4ccccc4)NC(=O)[C@H](Cc4ccccc4)NC(=O)CCCCCCNC(=O)CC[C@H](NC(=O)N[C@@H](CCC(=O)O)C(=O)O)C(=O)O)C(=O)O)[C@H](C)CCOC(=O)/C=C/C=C\C(=O)O[C@H]4C[C@H](O[C@@H]2C1)[C@@]1(CO1)[C@]43C. The van der Waals surface area contributed by atoms with E-state index in [0.29, 0.717) is 62.7 Å². The Morgan fingerprint density at radius 2 is 1.21 bits per heavy atom. The van der Waals surface area contributed by atoms with Gasteiger partial charge in [-0.05, 0) is 63.0 Å². The number of esters is 3. The molecule has 37 nitrogen and oxygen atoms in total. The molecule has 15 N–H and O–H groups in total. The Kier molecular flexibility index (Phi) is 35.3. The number of allylic oxidation sites excluding steroid dienone is 3. The normalized spacial score (nSPS) is 24.0. The summed E-state index contributed by atoms with van der Waals surface area (Å²) in [6.45, 7) is 4.54. The van der Waals surface area contributed by atoms with Crippen molar-refractivity contribution in [2.45, 2.75) is 196 Å². The quantitative estimate of drug-likeness (QED) is 0.0113. The second-order valence-corrected chi connectivity index (χ2v) is 31.3. The fourth-order valence-electron chi connectivity index (χ4n) is 14.0. The maximum atomic E-state index is 14.3. The minimum Gasteiger partial charge on any atom is -0.481 e. The number of epoxide rings is 1. The van der Waals surface area contributed by atoms with Gasteiger partial charge >= 0.3 is 59.9 Å². The summed E-state index contributed by atoms with van der Waals surface area (Å²) in [6.07, 6.45) is 2.53. The van der Waals surface area contributed by atoms with Gasteiger partial charge in [0.05, 0.1) is 37.3 Å². The molecule has 8 amide bonds. The number of carbonyl (C=O) groups excluding carboxylic acids is 11. The standard InChI is InChI=1S/C76H99N9O28S2/c1-43-27-29-75-41-109-71(104)63(44(2)28-31-107-61(92)21-13-14-22-62(93)112-54-38-56(111-55(75)34-43)76(42-110-76)74(54,75)3)113-73(106)108-32-33-114-115-40-53(70(102)103)83-67(97)52(37-60(90)91)81-64(94)47(77)39-79-65(95)50(35-45-16-8-6-9-17-45)82-66(96)51(36-46-18-10-7-11-19-46)80-58(87)20-12-4-5-15-30-78-57(86)25-23-48(68(98)99)84-72(105)85-49(69(100)101)24-26-59(88)89/h6-11,13-14,16-19,21-22,27,44,47-56,63H,4-5,12,15,20,23-26,28-42,77H2,1-3H3,(H,78,86)(H,79,95)(H,80,87)(H,81,94)(H,82,96)(H,83,97)(H,88,89)(H,90,91)(H,98,99)(H,100,101)(H,102,103)(H2,84,85,105)/b21-13+,22-14-/t44-,47+,48+,49+,50+,51+,52+,53+,54+,55-,56+,63+,74-,75+,76+/m1/s1. The lowest BCUT2D eigenvalue weighted by Crippen LogP contribution is -2.67. The summed E-state index contributed by atoms with van der Waals surface area (Å²) in [6, 6.07) is 4.89. The topological polar surface area (TPSA) is 564 Å². The molecule has 115 heavy (non-hydrogen) atoms. The van der Waals surface area contributed by atoms with Gasteiger partial charge in [-0.2, -0.15) is 0 Å². The van der Waals surface area contributed by atoms with E-state index in [9.17, 15) is 97.1 Å². The van der Waals surface area contributed by atoms with Gasteiger partial charge < -0.3 is 107 Å². The number of amides is 8. The van der Waals surface area contributed by atoms with Crippen molar-refractivity contribution in [1.29, 1.82) is 0 Å². The Labute approximate surface area is 668 Å². The van der Waals surface area contributed by atoms with Gasteiger partial charge in [0.1, 0.15) is 67.2 Å². The number of unbranched alkanes of at least 4 members (excludes halogenated alkanes) is 3. The van der Waals surface area contributed by atoms with Crippen LogP contribution in [0.5, 0.6) is 0 Å². The Hall–Kier alpha value is -10.6. The van der Waals surface area contributed by atoms with Gasteiger partial charge in [-0.3, -0.25) is 38.4 Å². The van der Waals surface area contributed by atoms with E-state index in [2.05, 4.69) is 37.2 Å². The Morgan fingerprint density at radius 3 is 1.83 bits per heavy atom. The average Bonchev–Trinajstić information content (AvgIpc) is 1.48. The number of cyclic esters (lactones) is 2. The molecule has 5 aliphatic rings. The molecule has 2 aliphatic carbocycles. The van der Waals surface area contributed by atoms with Gasteiger partial charge in [0.2, 0.25) is 41.5 Å². The number of hydrogen-bond acceptors (Lipinski definition) is 26. The molecule has 3 heterocycles. The fourth-order valence-corrected chi connectivity index (χ4v) is 16.0. The molecular weight excluding hydrogens is 1550 g/mol. The summed E-state index contributed by atoms with van der Waals surface area (Å²) in [5.41, 5.74) is 5.72. The third-order valence-corrected chi connectivity index (χ3v) is 22.9. The summed E-state index contributed by atoms with van der Waals surface area (Å²) < 4.78 is 41.4. The lowest BCUT2D eigenvalue weighted by molar-refractivity contribution is -0.243. The van der Waals surface area contributed by atoms with Gasteiger partial charge in [-0.25, -0.2) is 38.4 Å². The Balaban J connectivity index is 0.865. The van der Waals surface area contributed by atoms with Crippen LogP contribution in [0.2, 0.25) is 0 Å². The molecule has 1 saturated carbocycles. The molecule has 2 saturated heterocycles. The monoisotopic (exact) mass is 1650 g/mol. The van der Waals surface area contributed by atoms with E-state index in [-0.39, 0.29) is 76.4 Å². The molecule has 7 rings (SSSR count). The van der Waals surface area contributed by atoms with Crippen molar-refractivity contribution in [1.82, 2.24) is 42.5 Å². The number of rotatable bonds is 41. The predicted molar refractivity (Wildman–Crippen MR) is 406 cm³/mol. The first-order valence-electron chi connectivity index (χ1n) is 37.4. The van der Waals surface area contributed by atoms with Crippen LogP contribution in [0.1, 0.15) is 122 Å². The van der Waals surface area contributed by atoms with Crippen molar-refractivity contribution in [2.75, 3.05) is 51.0 Å². The highest BCUT2D eigenvalue weighted by atomic mass is 33.1. The molecule has 39 heteroatoms. The van der Waals surface area contributed by atoms with Crippen LogP contribution < -0.4 is 48.3 Å². The number of hydrogen-bond donors (Lipinski definition) is 14. The van der Waals surface area contributed by atoms with Crippen molar-refractivity contribution in [3.8, 4) is 0 Å². The summed E-state index contributed by atoms with van der Waals surface area (Å²) in [4.78, 5) is 206. The number of urea groups is 1. The van der Waals surface area contributed by atoms with Crippen LogP contribution in [0.3, 0.4) is 0 Å². The lowest BCUT2D eigenvalue weighted by atomic mass is 9.51. The van der Waals surface area contributed by atoms with Crippen molar-refractivity contribution in [3.05, 3.63) is 108 Å². The minimum atomic E-state index is -1.90. The van der Waals surface area contributed by atoms with Gasteiger partial charge in [-0.15, -0.1) is 0 Å². The van der Waals surface area contributed by atoms with Gasteiger partial charge in [-0.1, -0.05) is 133 Å². The molecule has 15 atom stereocenters. The Bertz CT molecular complexity index is 3920. The van der Waals surface area contributed by atoms with Crippen LogP contribution in [0.4, 0.5) is 9.59 Å². The largest absolute Gasteiger partial charge is 0.509 e. The first-order chi connectivity index (χ1) is 54.7. The molecule has 3 aliphatic heterocycles. The molecule has 2 aromatic rings. The predicted octanol–water partition coefficient (Wildman–Crippen LogP) is 2.06. The highest BCUT2D eigenvalue weighted by molar-refractivity contribution is 8.76. The smallest absolute Gasteiger partial charge is 0.481 e. The number of ether oxygens (including phenoxy) is 7. The average molecular weight is 1650 g/mol. The third kappa shape index (κ3) is 27.3. The Morgan fingerprint density at radius 1 is 0.617 bits per heavy atom. The minimum absolute atomic E-state index is 0.00247. The van der Waals surface area contributed by atoms with Crippen LogP contribution in [-0.2, 0) is 113 Å². The summed E-state index contributed by atoms with van der Waals surface area (Å²) in [7, 11) is 1.90. The first kappa shape index (κ1) is 91.5. The van der Waals surface area contributed by atoms with E-state index in [4.69, 9.17) is 44.0 Å². The van der Waals surface area contributed by atoms with E-state index in [0.717, 1.165) is 33.2 Å². The third-order valence-electron chi connectivity index (χ3n) is 20.5. The summed E-state index contributed by atoms with van der Waals surface area (Å²) >= 11 is 0. The zero-order chi connectivity index (χ0) is 84.0. The van der Waals surface area contributed by atoms with Gasteiger partial charge in [0.15, 0.2) is 0 Å². The van der Waals surface area contributed by atoms with E-state index >= 15 is 0 Å². The molecule has 2 aromatic carbocycles. The number of carboxylic acid groups (broad SMARTS) is 5. The summed E-state index contributed by atoms with van der Waals surface area (Å²) in [5.74, 6) is -16.1. The number of carbonyl (C=O) groups is 16. The highest BCUT2D eigenvalue weighted by Gasteiger charge is 2.83. The summed E-state index contributed by atoms with van der Waals surface area (Å²) in [5, 5.41) is 66.7. The number of benzene rings is 2. The van der Waals surface area contributed by atoms with Gasteiger partial charge in [0.25, 0.3) is 0 Å². The van der Waals surface area contributed by atoms with Crippen molar-refractivity contribution in [2.24, 2.45) is 22.5 Å². The van der Waals surface area contributed by atoms with Crippen molar-refractivity contribution >= 4 is 117 Å². The van der Waals surface area contributed by atoms with E-state index < -0.39 is 210 Å². The first-order valence-corrected chi connectivity index (χ1v) is 39.9. The van der Waals surface area contributed by atoms with Crippen LogP contribution in [-0.4, -0.2) is 244 Å². The molecule has 628 valence electrons. The van der Waals surface area contributed by atoms with E-state index in [1.807, 2.05) is 25.2 Å². The number of nitrogens with two attached hydrogens (primary N) is 1.